The molecule has 3 heteroatoms. The van der Waals surface area contributed by atoms with Crippen LogP contribution in [-0.4, -0.2) is 16.6 Å². The summed E-state index contributed by atoms with van der Waals surface area (Å²) in [5.74, 6) is 0. The summed E-state index contributed by atoms with van der Waals surface area (Å²) >= 11 is 0. The zero-order valence-electron chi connectivity index (χ0n) is 6.27. The first-order valence-corrected chi connectivity index (χ1v) is 3.62. The fourth-order valence-corrected chi connectivity index (χ4v) is 0.898. The molecule has 0 saturated carbocycles. The van der Waals surface area contributed by atoms with E-state index < -0.39 is 6.10 Å². The Bertz CT molecular complexity index is 201. The van der Waals surface area contributed by atoms with E-state index >= 15 is 0 Å². The number of pyridine rings is 1. The molecule has 0 amide bonds. The molecule has 3 nitrogen and oxygen atoms in total. The summed E-state index contributed by atoms with van der Waals surface area (Å²) in [7, 11) is 0. The van der Waals surface area contributed by atoms with E-state index in [1.54, 1.807) is 18.5 Å². The fraction of sp³-hybridized carbons (Fsp3) is 0.375. The van der Waals surface area contributed by atoms with Crippen molar-refractivity contribution >= 4 is 0 Å². The predicted octanol–water partition coefficient (Wildman–Crippen LogP) is 0.464. The first-order valence-electron chi connectivity index (χ1n) is 3.62. The van der Waals surface area contributed by atoms with Crippen LogP contribution in [0, 0.1) is 0 Å². The largest absolute Gasteiger partial charge is 0.388 e. The van der Waals surface area contributed by atoms with Gasteiger partial charge >= 0.3 is 0 Å². The Morgan fingerprint density at radius 3 is 3.00 bits per heavy atom. The molecule has 1 atom stereocenters. The van der Waals surface area contributed by atoms with Crippen LogP contribution < -0.4 is 5.73 Å². The van der Waals surface area contributed by atoms with E-state index in [1.165, 1.54) is 0 Å². The van der Waals surface area contributed by atoms with Gasteiger partial charge in [0.15, 0.2) is 0 Å². The second kappa shape index (κ2) is 4.05. The van der Waals surface area contributed by atoms with Crippen molar-refractivity contribution in [2.45, 2.75) is 12.5 Å². The minimum atomic E-state index is -0.464. The monoisotopic (exact) mass is 152 g/mol. The van der Waals surface area contributed by atoms with E-state index in [0.29, 0.717) is 13.0 Å². The van der Waals surface area contributed by atoms with Crippen LogP contribution in [0.3, 0.4) is 0 Å². The molecule has 0 fully saturated rings. The van der Waals surface area contributed by atoms with Crippen molar-refractivity contribution in [2.75, 3.05) is 6.54 Å². The van der Waals surface area contributed by atoms with Crippen molar-refractivity contribution in [1.29, 1.82) is 0 Å². The minimum absolute atomic E-state index is 0.464. The number of aliphatic hydroxyl groups is 1. The molecule has 0 bridgehead atoms. The van der Waals surface area contributed by atoms with E-state index in [1.807, 2.05) is 6.07 Å². The van der Waals surface area contributed by atoms with E-state index in [4.69, 9.17) is 5.73 Å². The molecule has 0 spiro atoms. The normalized spacial score (nSPS) is 12.9. The van der Waals surface area contributed by atoms with Gasteiger partial charge in [-0.25, -0.2) is 0 Å². The molecule has 0 aliphatic heterocycles. The van der Waals surface area contributed by atoms with Gasteiger partial charge in [-0.1, -0.05) is 6.07 Å². The molecule has 11 heavy (non-hydrogen) atoms. The van der Waals surface area contributed by atoms with Crippen LogP contribution in [0.5, 0.6) is 0 Å². The maximum Gasteiger partial charge on any atom is 0.0816 e. The predicted molar refractivity (Wildman–Crippen MR) is 42.9 cm³/mol. The molecule has 0 radical (unpaired) electrons. The van der Waals surface area contributed by atoms with Gasteiger partial charge in [0.1, 0.15) is 0 Å². The minimum Gasteiger partial charge on any atom is -0.388 e. The van der Waals surface area contributed by atoms with Gasteiger partial charge < -0.3 is 10.8 Å². The molecule has 1 aromatic heterocycles. The topological polar surface area (TPSA) is 59.1 Å². The second-order valence-electron chi connectivity index (χ2n) is 2.38. The van der Waals surface area contributed by atoms with Crippen LogP contribution in [0.4, 0.5) is 0 Å². The van der Waals surface area contributed by atoms with Gasteiger partial charge in [-0.05, 0) is 24.6 Å². The smallest absolute Gasteiger partial charge is 0.0816 e. The van der Waals surface area contributed by atoms with Crippen LogP contribution in [-0.2, 0) is 0 Å². The lowest BCUT2D eigenvalue weighted by Crippen LogP contribution is -2.06. The van der Waals surface area contributed by atoms with Crippen LogP contribution in [0.25, 0.3) is 0 Å². The highest BCUT2D eigenvalue weighted by Crippen LogP contribution is 2.12. The lowest BCUT2D eigenvalue weighted by Gasteiger charge is -2.07. The number of aliphatic hydroxyl groups excluding tert-OH is 1. The van der Waals surface area contributed by atoms with Crippen molar-refractivity contribution in [3.63, 3.8) is 0 Å². The van der Waals surface area contributed by atoms with Crippen LogP contribution >= 0.6 is 0 Å². The molecule has 0 aliphatic carbocycles. The fourth-order valence-electron chi connectivity index (χ4n) is 0.898. The first-order chi connectivity index (χ1) is 5.34. The van der Waals surface area contributed by atoms with Crippen LogP contribution in [0.2, 0.25) is 0 Å². The molecular weight excluding hydrogens is 140 g/mol. The maximum absolute atomic E-state index is 9.40. The number of nitrogens with two attached hydrogens (primary N) is 1. The van der Waals surface area contributed by atoms with Gasteiger partial charge in [0, 0.05) is 12.4 Å². The van der Waals surface area contributed by atoms with Gasteiger partial charge in [-0.2, -0.15) is 0 Å². The zero-order valence-corrected chi connectivity index (χ0v) is 6.27. The van der Waals surface area contributed by atoms with Crippen molar-refractivity contribution in [3.8, 4) is 0 Å². The molecule has 1 rings (SSSR count). The molecule has 3 N–H and O–H groups in total. The lowest BCUT2D eigenvalue weighted by molar-refractivity contribution is 0.170. The van der Waals surface area contributed by atoms with E-state index in [9.17, 15) is 5.11 Å². The summed E-state index contributed by atoms with van der Waals surface area (Å²) < 4.78 is 0. The van der Waals surface area contributed by atoms with Gasteiger partial charge in [0.2, 0.25) is 0 Å². The Morgan fingerprint density at radius 1 is 1.64 bits per heavy atom. The molecule has 0 aliphatic rings. The maximum atomic E-state index is 9.40. The molecular formula is C8H12N2O. The Morgan fingerprint density at radius 2 is 2.45 bits per heavy atom. The average Bonchev–Trinajstić information content (AvgIpc) is 2.07. The summed E-state index contributed by atoms with van der Waals surface area (Å²) in [6, 6.07) is 3.64. The first kappa shape index (κ1) is 8.17. The number of rotatable bonds is 3. The van der Waals surface area contributed by atoms with Crippen molar-refractivity contribution < 1.29 is 5.11 Å². The van der Waals surface area contributed by atoms with Crippen molar-refractivity contribution in [3.05, 3.63) is 30.1 Å². The summed E-state index contributed by atoms with van der Waals surface area (Å²) in [5, 5.41) is 9.40. The standard InChI is InChI=1S/C8H12N2O/c9-4-3-8(11)7-2-1-5-10-6-7/h1-2,5-6,8,11H,3-4,9H2/t8-/m0/s1. The Hall–Kier alpha value is -0.930. The summed E-state index contributed by atoms with van der Waals surface area (Å²) in [6.07, 6.45) is 3.46. The van der Waals surface area contributed by atoms with Crippen LogP contribution in [0.15, 0.2) is 24.5 Å². The third kappa shape index (κ3) is 2.29. The van der Waals surface area contributed by atoms with E-state index in [2.05, 4.69) is 4.98 Å². The lowest BCUT2D eigenvalue weighted by atomic mass is 10.1. The van der Waals surface area contributed by atoms with Gasteiger partial charge in [0.25, 0.3) is 0 Å². The second-order valence-corrected chi connectivity index (χ2v) is 2.38. The number of nitrogens with zero attached hydrogens (tertiary/aromatic N) is 1. The quantitative estimate of drug-likeness (QED) is 0.661. The summed E-state index contributed by atoms with van der Waals surface area (Å²) in [6.45, 7) is 0.496. The third-order valence-corrected chi connectivity index (χ3v) is 1.51. The Balaban J connectivity index is 2.61. The number of hydrogen-bond donors (Lipinski definition) is 2. The summed E-state index contributed by atoms with van der Waals surface area (Å²) in [5.41, 5.74) is 6.12. The SMILES string of the molecule is NCC[C@H](O)c1cccnc1. The highest BCUT2D eigenvalue weighted by molar-refractivity contribution is 5.11. The number of hydrogen-bond acceptors (Lipinski definition) is 3. The average molecular weight is 152 g/mol. The number of aromatic nitrogens is 1. The highest BCUT2D eigenvalue weighted by Gasteiger charge is 2.04. The zero-order chi connectivity index (χ0) is 8.10. The Kier molecular flexibility index (Phi) is 3.01. The molecule has 0 unspecified atom stereocenters. The summed E-state index contributed by atoms with van der Waals surface area (Å²) in [4.78, 5) is 3.89. The third-order valence-electron chi connectivity index (χ3n) is 1.51. The van der Waals surface area contributed by atoms with Gasteiger partial charge in [-0.15, -0.1) is 0 Å². The van der Waals surface area contributed by atoms with Crippen LogP contribution in [0.1, 0.15) is 18.1 Å². The molecule has 1 aromatic rings. The van der Waals surface area contributed by atoms with Gasteiger partial charge in [0.05, 0.1) is 6.10 Å². The van der Waals surface area contributed by atoms with Gasteiger partial charge in [-0.3, -0.25) is 4.98 Å². The molecule has 0 saturated heterocycles. The molecule has 0 aromatic carbocycles. The van der Waals surface area contributed by atoms with Crippen molar-refractivity contribution in [1.82, 2.24) is 4.98 Å². The van der Waals surface area contributed by atoms with E-state index in [-0.39, 0.29) is 0 Å². The highest BCUT2D eigenvalue weighted by atomic mass is 16.3. The van der Waals surface area contributed by atoms with E-state index in [0.717, 1.165) is 5.56 Å². The molecule has 1 heterocycles. The van der Waals surface area contributed by atoms with Crippen molar-refractivity contribution in [2.24, 2.45) is 5.73 Å². The Labute approximate surface area is 65.9 Å². The molecule has 60 valence electrons.